The summed E-state index contributed by atoms with van der Waals surface area (Å²) in [5.41, 5.74) is -0.541. The highest BCUT2D eigenvalue weighted by molar-refractivity contribution is 7.20. The zero-order valence-corrected chi connectivity index (χ0v) is 19.2. The van der Waals surface area contributed by atoms with E-state index in [1.54, 1.807) is 11.5 Å². The highest BCUT2D eigenvalue weighted by Gasteiger charge is 2.26. The van der Waals surface area contributed by atoms with E-state index in [1.807, 2.05) is 0 Å². The number of amides is 1. The Bertz CT molecular complexity index is 1380. The van der Waals surface area contributed by atoms with Crippen LogP contribution in [0.1, 0.15) is 47.2 Å². The lowest BCUT2D eigenvalue weighted by Crippen LogP contribution is -2.30. The highest BCUT2D eigenvalue weighted by Crippen LogP contribution is 2.29. The molecule has 0 fully saturated rings. The van der Waals surface area contributed by atoms with Crippen LogP contribution >= 0.6 is 11.3 Å². The summed E-state index contributed by atoms with van der Waals surface area (Å²) >= 11 is 1.04. The van der Waals surface area contributed by atoms with Crippen LogP contribution in [-0.4, -0.2) is 32.5 Å². The minimum atomic E-state index is -1.26. The van der Waals surface area contributed by atoms with Crippen molar-refractivity contribution in [2.24, 2.45) is 0 Å². The molecule has 0 saturated heterocycles. The van der Waals surface area contributed by atoms with Crippen molar-refractivity contribution in [2.75, 3.05) is 5.32 Å². The predicted molar refractivity (Wildman–Crippen MR) is 123 cm³/mol. The summed E-state index contributed by atoms with van der Waals surface area (Å²) in [6.45, 7) is 3.57. The van der Waals surface area contributed by atoms with Crippen molar-refractivity contribution in [1.82, 2.24) is 9.55 Å². The Morgan fingerprint density at radius 3 is 2.82 bits per heavy atom. The lowest BCUT2D eigenvalue weighted by Gasteiger charge is -2.13. The number of hydrogen-bond acceptors (Lipinski definition) is 8. The Hall–Kier alpha value is -3.67. The number of ether oxygens (including phenoxy) is 1. The number of benzene rings is 1. The summed E-state index contributed by atoms with van der Waals surface area (Å²) in [5.74, 6) is -1.87. The molecule has 3 aromatic rings. The van der Waals surface area contributed by atoms with Crippen molar-refractivity contribution < 1.29 is 23.6 Å². The van der Waals surface area contributed by atoms with Gasteiger partial charge in [0.25, 0.3) is 11.5 Å². The summed E-state index contributed by atoms with van der Waals surface area (Å²) in [7, 11) is 0. The lowest BCUT2D eigenvalue weighted by atomic mass is 10.2. The number of halogens is 1. The largest absolute Gasteiger partial charge is 0.448 e. The van der Waals surface area contributed by atoms with E-state index in [0.29, 0.717) is 34.6 Å². The van der Waals surface area contributed by atoms with Crippen LogP contribution in [-0.2, 0) is 22.5 Å². The fourth-order valence-electron chi connectivity index (χ4n) is 3.85. The van der Waals surface area contributed by atoms with Gasteiger partial charge in [0, 0.05) is 24.7 Å². The van der Waals surface area contributed by atoms with E-state index in [-0.39, 0.29) is 16.1 Å². The van der Waals surface area contributed by atoms with Gasteiger partial charge in [-0.3, -0.25) is 24.3 Å². The first-order chi connectivity index (χ1) is 16.2. The van der Waals surface area contributed by atoms with Gasteiger partial charge in [0.2, 0.25) is 5.82 Å². The van der Waals surface area contributed by atoms with E-state index in [1.165, 1.54) is 6.92 Å². The third-order valence-electron chi connectivity index (χ3n) is 5.66. The molecule has 3 heterocycles. The molecule has 1 aliphatic heterocycles. The molecule has 1 unspecified atom stereocenters. The van der Waals surface area contributed by atoms with Crippen molar-refractivity contribution in [2.45, 2.75) is 52.2 Å². The van der Waals surface area contributed by atoms with Crippen molar-refractivity contribution in [3.05, 3.63) is 60.7 Å². The van der Waals surface area contributed by atoms with E-state index in [4.69, 9.17) is 4.74 Å². The van der Waals surface area contributed by atoms with Gasteiger partial charge in [0.15, 0.2) is 6.10 Å². The maximum absolute atomic E-state index is 13.5. The van der Waals surface area contributed by atoms with Gasteiger partial charge >= 0.3 is 11.7 Å². The Kier molecular flexibility index (Phi) is 6.42. The number of nitrogens with one attached hydrogen (secondary N) is 1. The summed E-state index contributed by atoms with van der Waals surface area (Å²) in [6, 6.07) is 2.90. The first-order valence-electron chi connectivity index (χ1n) is 10.7. The second-order valence-electron chi connectivity index (χ2n) is 7.99. The topological polar surface area (TPSA) is 133 Å². The second-order valence-corrected chi connectivity index (χ2v) is 8.99. The SMILES string of the molecule is Cc1c(C(=O)OC(C)C(=O)Nc2ccc(F)c([N+](=O)[O-])c2)sc2nc3n(c(=O)c12)CCCCC3. The van der Waals surface area contributed by atoms with Gasteiger partial charge in [-0.05, 0) is 44.4 Å². The number of fused-ring (bicyclic) bond motifs is 2. The van der Waals surface area contributed by atoms with Crippen LogP contribution in [0.4, 0.5) is 15.8 Å². The molecule has 0 bridgehead atoms. The minimum Gasteiger partial charge on any atom is -0.448 e. The smallest absolute Gasteiger partial charge is 0.349 e. The number of hydrogen-bond donors (Lipinski definition) is 1. The second kappa shape index (κ2) is 9.29. The molecule has 1 atom stereocenters. The molecule has 1 aliphatic rings. The molecule has 4 rings (SSSR count). The standard InChI is InChI=1S/C22H21FN4O6S/c1-11-17-20(25-16-6-4-3-5-9-26(16)21(17)29)34-18(11)22(30)33-12(2)19(28)24-13-7-8-14(23)15(10-13)27(31)32/h7-8,10,12H,3-6,9H2,1-2H3,(H,24,28). The number of carbonyl (C=O) groups excluding carboxylic acids is 2. The van der Waals surface area contributed by atoms with Crippen molar-refractivity contribution in [1.29, 1.82) is 0 Å². The molecule has 10 nitrogen and oxygen atoms in total. The fraction of sp³-hybridized carbons (Fsp3) is 0.364. The van der Waals surface area contributed by atoms with Gasteiger partial charge in [0.05, 0.1) is 10.3 Å². The molecule has 0 spiro atoms. The molecule has 1 aromatic carbocycles. The molecule has 178 valence electrons. The quantitative estimate of drug-likeness (QED) is 0.329. The molecule has 2 aromatic heterocycles. The van der Waals surface area contributed by atoms with Gasteiger partial charge in [0.1, 0.15) is 15.5 Å². The third-order valence-corrected chi connectivity index (χ3v) is 6.83. The number of nitro groups is 1. The Morgan fingerprint density at radius 2 is 2.09 bits per heavy atom. The van der Waals surface area contributed by atoms with Gasteiger partial charge in [-0.1, -0.05) is 6.42 Å². The van der Waals surface area contributed by atoms with Crippen LogP contribution in [0.5, 0.6) is 0 Å². The van der Waals surface area contributed by atoms with E-state index >= 15 is 0 Å². The maximum atomic E-state index is 13.5. The number of nitrogens with zero attached hydrogens (tertiary/aromatic N) is 3. The number of thiophene rings is 1. The molecular formula is C22H21FN4O6S. The van der Waals surface area contributed by atoms with Crippen LogP contribution < -0.4 is 10.9 Å². The zero-order chi connectivity index (χ0) is 24.6. The maximum Gasteiger partial charge on any atom is 0.349 e. The van der Waals surface area contributed by atoms with Gasteiger partial charge in [-0.25, -0.2) is 9.78 Å². The van der Waals surface area contributed by atoms with Crippen LogP contribution in [0.2, 0.25) is 0 Å². The van der Waals surface area contributed by atoms with E-state index in [2.05, 4.69) is 10.3 Å². The Morgan fingerprint density at radius 1 is 1.32 bits per heavy atom. The normalized spacial score (nSPS) is 14.2. The van der Waals surface area contributed by atoms with Gasteiger partial charge < -0.3 is 10.1 Å². The van der Waals surface area contributed by atoms with Gasteiger partial charge in [-0.2, -0.15) is 4.39 Å². The highest BCUT2D eigenvalue weighted by atomic mass is 32.1. The Balaban J connectivity index is 1.54. The first-order valence-corrected chi connectivity index (χ1v) is 11.5. The monoisotopic (exact) mass is 488 g/mol. The number of rotatable bonds is 5. The molecule has 1 amide bonds. The Labute approximate surface area is 196 Å². The fourth-order valence-corrected chi connectivity index (χ4v) is 4.92. The van der Waals surface area contributed by atoms with Crippen molar-refractivity contribution in [3.63, 3.8) is 0 Å². The predicted octanol–water partition coefficient (Wildman–Crippen LogP) is 3.72. The molecule has 0 radical (unpaired) electrons. The average Bonchev–Trinajstić information content (AvgIpc) is 2.95. The van der Waals surface area contributed by atoms with Gasteiger partial charge in [-0.15, -0.1) is 11.3 Å². The van der Waals surface area contributed by atoms with Crippen LogP contribution in [0.3, 0.4) is 0 Å². The number of nitro benzene ring substituents is 1. The van der Waals surface area contributed by atoms with Crippen LogP contribution in [0.25, 0.3) is 10.2 Å². The van der Waals surface area contributed by atoms with Crippen LogP contribution in [0, 0.1) is 22.9 Å². The summed E-state index contributed by atoms with van der Waals surface area (Å²) < 4.78 is 20.4. The molecule has 34 heavy (non-hydrogen) atoms. The average molecular weight is 488 g/mol. The number of esters is 1. The third kappa shape index (κ3) is 4.40. The van der Waals surface area contributed by atoms with E-state index in [9.17, 15) is 28.9 Å². The van der Waals surface area contributed by atoms with Crippen LogP contribution in [0.15, 0.2) is 23.0 Å². The molecule has 0 saturated carbocycles. The van der Waals surface area contributed by atoms with Crippen molar-refractivity contribution in [3.8, 4) is 0 Å². The molecule has 1 N–H and O–H groups in total. The van der Waals surface area contributed by atoms with Crippen molar-refractivity contribution >= 4 is 44.8 Å². The van der Waals surface area contributed by atoms with E-state index < -0.39 is 34.4 Å². The zero-order valence-electron chi connectivity index (χ0n) is 18.4. The minimum absolute atomic E-state index is 0.0160. The molecular weight excluding hydrogens is 467 g/mol. The number of aryl methyl sites for hydroxylation is 2. The van der Waals surface area contributed by atoms with E-state index in [0.717, 1.165) is 48.8 Å². The summed E-state index contributed by atoms with van der Waals surface area (Å²) in [6.07, 6.45) is 2.30. The number of carbonyl (C=O) groups is 2. The summed E-state index contributed by atoms with van der Waals surface area (Å²) in [4.78, 5) is 53.5. The molecule has 12 heteroatoms. The lowest BCUT2D eigenvalue weighted by molar-refractivity contribution is -0.387. The summed E-state index contributed by atoms with van der Waals surface area (Å²) in [5, 5.41) is 13.6. The number of aromatic nitrogens is 2. The number of anilines is 1. The first kappa shape index (κ1) is 23.5. The molecule has 0 aliphatic carbocycles.